The lowest BCUT2D eigenvalue weighted by Crippen LogP contribution is -2.61. The molecule has 1 atom stereocenters. The van der Waals surface area contributed by atoms with Crippen molar-refractivity contribution in [1.82, 2.24) is 9.80 Å². The zero-order chi connectivity index (χ0) is 17.0. The van der Waals surface area contributed by atoms with Crippen molar-refractivity contribution >= 4 is 6.09 Å². The summed E-state index contributed by atoms with van der Waals surface area (Å²) in [5.74, 6) is 0.0577. The number of nitrogens with zero attached hydrogens (tertiary/aromatic N) is 2. The Kier molecular flexibility index (Phi) is 6.42. The van der Waals surface area contributed by atoms with E-state index in [1.807, 2.05) is 4.90 Å². The summed E-state index contributed by atoms with van der Waals surface area (Å²) in [4.78, 5) is 14.3. The summed E-state index contributed by atoms with van der Waals surface area (Å²) in [6, 6.07) is -0.516. The molecule has 1 heterocycles. The molecular formula is C13H20F4N2O4. The van der Waals surface area contributed by atoms with E-state index in [9.17, 15) is 22.4 Å². The Labute approximate surface area is 130 Å². The van der Waals surface area contributed by atoms with Crippen molar-refractivity contribution in [3.05, 3.63) is 0 Å². The summed E-state index contributed by atoms with van der Waals surface area (Å²) in [6.07, 6.45) is 0.203. The van der Waals surface area contributed by atoms with Crippen LogP contribution in [-0.2, 0) is 9.47 Å². The van der Waals surface area contributed by atoms with E-state index in [0.29, 0.717) is 25.9 Å². The lowest BCUT2D eigenvalue weighted by Gasteiger charge is -2.48. The van der Waals surface area contributed by atoms with Gasteiger partial charge in [-0.05, 0) is 18.8 Å². The van der Waals surface area contributed by atoms with Crippen LogP contribution in [0.4, 0.5) is 22.4 Å². The second-order valence-electron chi connectivity index (χ2n) is 5.80. The van der Waals surface area contributed by atoms with E-state index in [2.05, 4.69) is 9.47 Å². The third kappa shape index (κ3) is 5.18. The topological polar surface area (TPSA) is 62.2 Å². The third-order valence-corrected chi connectivity index (χ3v) is 4.36. The number of hydrogen-bond acceptors (Lipinski definition) is 4. The van der Waals surface area contributed by atoms with Gasteiger partial charge in [-0.1, -0.05) is 0 Å². The number of ether oxygens (including phenoxy) is 2. The predicted molar refractivity (Wildman–Crippen MR) is 70.5 cm³/mol. The molecule has 1 aliphatic carbocycles. The number of carbonyl (C=O) groups is 1. The molecule has 6 nitrogen and oxygen atoms in total. The first-order chi connectivity index (χ1) is 10.9. The average Bonchev–Trinajstić information content (AvgIpc) is 2.42. The number of carboxylic acid groups (broad SMARTS) is 1. The quantitative estimate of drug-likeness (QED) is 0.715. The fourth-order valence-corrected chi connectivity index (χ4v) is 3.13. The van der Waals surface area contributed by atoms with Gasteiger partial charge in [-0.15, -0.1) is 0 Å². The summed E-state index contributed by atoms with van der Waals surface area (Å²) in [5, 5.41) is 9.11. The molecule has 1 N–H and O–H groups in total. The van der Waals surface area contributed by atoms with Crippen LogP contribution in [0.2, 0.25) is 0 Å². The van der Waals surface area contributed by atoms with Crippen LogP contribution in [0.1, 0.15) is 12.8 Å². The van der Waals surface area contributed by atoms with E-state index in [1.165, 1.54) is 0 Å². The van der Waals surface area contributed by atoms with Gasteiger partial charge in [-0.3, -0.25) is 4.90 Å². The Morgan fingerprint density at radius 3 is 2.26 bits per heavy atom. The Bertz CT molecular complexity index is 396. The number of halogens is 4. The van der Waals surface area contributed by atoms with Crippen LogP contribution >= 0.6 is 0 Å². The first-order valence-corrected chi connectivity index (χ1v) is 7.40. The summed E-state index contributed by atoms with van der Waals surface area (Å²) in [6.45, 7) is -5.09. The summed E-state index contributed by atoms with van der Waals surface area (Å²) < 4.78 is 56.8. The van der Waals surface area contributed by atoms with Gasteiger partial charge in [-0.2, -0.15) is 17.6 Å². The first-order valence-electron chi connectivity index (χ1n) is 7.40. The van der Waals surface area contributed by atoms with E-state index in [1.54, 1.807) is 0 Å². The number of alkyl halides is 4. The molecule has 0 aromatic rings. The molecule has 0 radical (unpaired) electrons. The van der Waals surface area contributed by atoms with Crippen molar-refractivity contribution < 1.29 is 36.9 Å². The zero-order valence-electron chi connectivity index (χ0n) is 12.4. The van der Waals surface area contributed by atoms with E-state index in [4.69, 9.17) is 5.11 Å². The monoisotopic (exact) mass is 344 g/mol. The maximum Gasteiger partial charge on any atom is 0.407 e. The van der Waals surface area contributed by atoms with Crippen LogP contribution in [0.3, 0.4) is 0 Å². The summed E-state index contributed by atoms with van der Waals surface area (Å²) in [5.41, 5.74) is 0. The highest BCUT2D eigenvalue weighted by atomic mass is 19.3. The molecular weight excluding hydrogens is 324 g/mol. The number of rotatable bonds is 7. The Hall–Kier alpha value is -1.13. The normalized spacial score (nSPS) is 29.1. The summed E-state index contributed by atoms with van der Waals surface area (Å²) >= 11 is 0. The maximum absolute atomic E-state index is 12.2. The molecule has 1 saturated carbocycles. The minimum Gasteiger partial charge on any atom is -0.465 e. The second-order valence-corrected chi connectivity index (χ2v) is 5.80. The number of amides is 1. The molecule has 10 heteroatoms. The highest BCUT2D eigenvalue weighted by Crippen LogP contribution is 2.33. The molecule has 0 bridgehead atoms. The maximum atomic E-state index is 12.2. The fraction of sp³-hybridized carbons (Fsp3) is 0.923. The molecule has 0 aromatic heterocycles. The van der Waals surface area contributed by atoms with Gasteiger partial charge in [0.25, 0.3) is 0 Å². The molecule has 2 rings (SSSR count). The van der Waals surface area contributed by atoms with Gasteiger partial charge in [-0.25, -0.2) is 4.79 Å². The smallest absolute Gasteiger partial charge is 0.407 e. The molecule has 2 fully saturated rings. The van der Waals surface area contributed by atoms with E-state index < -0.39 is 25.4 Å². The molecule has 1 amide bonds. The molecule has 1 saturated heterocycles. The average molecular weight is 344 g/mol. The van der Waals surface area contributed by atoms with Gasteiger partial charge < -0.3 is 19.5 Å². The lowest BCUT2D eigenvalue weighted by atomic mass is 9.79. The van der Waals surface area contributed by atoms with E-state index >= 15 is 0 Å². The highest BCUT2D eigenvalue weighted by molar-refractivity contribution is 5.65. The Morgan fingerprint density at radius 1 is 1.09 bits per heavy atom. The van der Waals surface area contributed by atoms with Gasteiger partial charge in [0.15, 0.2) is 0 Å². The van der Waals surface area contributed by atoms with E-state index in [0.717, 1.165) is 4.90 Å². The van der Waals surface area contributed by atoms with Gasteiger partial charge in [0, 0.05) is 25.7 Å². The highest BCUT2D eigenvalue weighted by Gasteiger charge is 2.39. The second kappa shape index (κ2) is 8.11. The van der Waals surface area contributed by atoms with Crippen LogP contribution in [-0.4, -0.2) is 79.2 Å². The predicted octanol–water partition coefficient (Wildman–Crippen LogP) is 1.91. The van der Waals surface area contributed by atoms with Crippen molar-refractivity contribution in [2.75, 3.05) is 32.8 Å². The molecule has 0 aromatic carbocycles. The zero-order valence-corrected chi connectivity index (χ0v) is 12.4. The van der Waals surface area contributed by atoms with Crippen molar-refractivity contribution in [1.29, 1.82) is 0 Å². The van der Waals surface area contributed by atoms with Gasteiger partial charge >= 0.3 is 19.3 Å². The fourth-order valence-electron chi connectivity index (χ4n) is 3.13. The van der Waals surface area contributed by atoms with Crippen LogP contribution in [0, 0.1) is 5.92 Å². The van der Waals surface area contributed by atoms with Crippen molar-refractivity contribution in [3.63, 3.8) is 0 Å². The van der Waals surface area contributed by atoms with Crippen LogP contribution in [0.25, 0.3) is 0 Å². The molecule has 23 heavy (non-hydrogen) atoms. The molecule has 2 aliphatic rings. The van der Waals surface area contributed by atoms with Gasteiger partial charge in [0.2, 0.25) is 0 Å². The van der Waals surface area contributed by atoms with E-state index in [-0.39, 0.29) is 31.7 Å². The molecule has 1 unspecified atom stereocenters. The molecule has 134 valence electrons. The molecule has 0 spiro atoms. The van der Waals surface area contributed by atoms with Gasteiger partial charge in [0.05, 0.1) is 19.3 Å². The van der Waals surface area contributed by atoms with Gasteiger partial charge in [0.1, 0.15) is 0 Å². The SMILES string of the molecule is O=C(O)N1CCN(C2CC(COC(F)F)C2)CC1COC(F)F. The van der Waals surface area contributed by atoms with Crippen LogP contribution < -0.4 is 0 Å². The van der Waals surface area contributed by atoms with Crippen molar-refractivity contribution in [2.45, 2.75) is 38.1 Å². The number of piperazine rings is 1. The summed E-state index contributed by atoms with van der Waals surface area (Å²) in [7, 11) is 0. The van der Waals surface area contributed by atoms with Crippen molar-refractivity contribution in [3.8, 4) is 0 Å². The van der Waals surface area contributed by atoms with Crippen LogP contribution in [0.15, 0.2) is 0 Å². The number of hydrogen-bond donors (Lipinski definition) is 1. The first kappa shape index (κ1) is 18.2. The third-order valence-electron chi connectivity index (χ3n) is 4.36. The minimum atomic E-state index is -2.94. The standard InChI is InChI=1S/C13H20F4N2O4/c14-11(15)22-6-8-3-9(4-8)18-1-2-19(13(20)21)10(5-18)7-23-12(16)17/h8-12H,1-7H2,(H,20,21). The largest absolute Gasteiger partial charge is 0.465 e. The Morgan fingerprint density at radius 2 is 1.70 bits per heavy atom. The van der Waals surface area contributed by atoms with Crippen molar-refractivity contribution in [2.24, 2.45) is 5.92 Å². The Balaban J connectivity index is 1.80. The molecule has 1 aliphatic heterocycles. The minimum absolute atomic E-state index is 0.00117. The lowest BCUT2D eigenvalue weighted by molar-refractivity contribution is -0.155. The van der Waals surface area contributed by atoms with Crippen LogP contribution in [0.5, 0.6) is 0 Å².